The molecule has 4 rings (SSSR count). The Kier molecular flexibility index (Phi) is 31.8. The number of benzene rings is 4. The van der Waals surface area contributed by atoms with Gasteiger partial charge in [0.05, 0.1) is 29.2 Å². The SMILES string of the molecule is CCCc1cccc(CCC)c1NC(=O)NC(N)=NC.CCCc1cccc(Cl)c1NC(=O)NC(N)=NC.CCCc1cccc(F)c1NC(=O)NC(N)=NC.CCCc1cccc(OC)c1NC(=O)NC(N)=NC. The Morgan fingerprint density at radius 1 is 0.453 bits per heavy atom. The molecule has 16 N–H and O–H groups in total. The molecule has 0 aromatic heterocycles. The molecule has 0 spiro atoms. The van der Waals surface area contributed by atoms with Gasteiger partial charge in [0.15, 0.2) is 23.8 Å². The molecule has 75 heavy (non-hydrogen) atoms. The summed E-state index contributed by atoms with van der Waals surface area (Å²) in [6.45, 7) is 10.4. The van der Waals surface area contributed by atoms with Crippen LogP contribution in [0, 0.1) is 5.82 Å². The number of anilines is 4. The number of nitrogens with one attached hydrogen (secondary N) is 8. The molecule has 0 aliphatic rings. The van der Waals surface area contributed by atoms with Crippen LogP contribution in [0.4, 0.5) is 46.3 Å². The lowest BCUT2D eigenvalue weighted by Gasteiger charge is -2.15. The van der Waals surface area contributed by atoms with Gasteiger partial charge in [-0.25, -0.2) is 23.6 Å². The standard InChI is InChI=1S/C15H24N4O.C13H20N4O2.C12H17ClN4O.C12H17FN4O/c1-4-7-11-9-6-10-12(8-5-2)13(11)18-15(20)19-14(16)17-3;1-4-6-9-7-5-8-10(19-3)11(9)16-13(18)17-12(14)15-2;2*1-3-5-8-6-4-7-9(13)10(8)16-12(18)17-11(14)15-2/h6,9-10H,4-5,7-8H2,1-3H3,(H4,16,17,18,19,20);5,7-8H,4,6H2,1-3H3,(H4,14,15,16,17,18);2*4,6-7H,3,5H2,1-2H3,(H4,14,15,16,17,18). The molecular weight excluding hydrogens is 983 g/mol. The third kappa shape index (κ3) is 24.4. The van der Waals surface area contributed by atoms with Crippen molar-refractivity contribution in [2.75, 3.05) is 56.6 Å². The number of hydrogen-bond acceptors (Lipinski definition) is 9. The van der Waals surface area contributed by atoms with Gasteiger partial charge in [-0.3, -0.25) is 41.2 Å². The van der Waals surface area contributed by atoms with E-state index in [-0.39, 0.29) is 35.6 Å². The Morgan fingerprint density at radius 3 is 1.09 bits per heavy atom. The van der Waals surface area contributed by atoms with Crippen molar-refractivity contribution < 1.29 is 28.3 Å². The van der Waals surface area contributed by atoms with Crippen molar-refractivity contribution in [3.63, 3.8) is 0 Å². The molecule has 4 aromatic carbocycles. The number of aryl methyl sites for hydroxylation is 5. The average Bonchev–Trinajstić information content (AvgIpc) is 3.38. The summed E-state index contributed by atoms with van der Waals surface area (Å²) < 4.78 is 18.9. The van der Waals surface area contributed by atoms with Crippen molar-refractivity contribution in [2.45, 2.75) is 98.8 Å². The van der Waals surface area contributed by atoms with E-state index < -0.39 is 23.9 Å². The Labute approximate surface area is 445 Å². The number of nitrogens with zero attached hydrogens (tertiary/aromatic N) is 4. The van der Waals surface area contributed by atoms with Gasteiger partial charge in [0.2, 0.25) is 0 Å². The molecule has 21 nitrogen and oxygen atoms in total. The monoisotopic (exact) mass is 1060 g/mol. The molecule has 23 heteroatoms. The molecule has 0 unspecified atom stereocenters. The van der Waals surface area contributed by atoms with Crippen molar-refractivity contribution >= 4 is 82.3 Å². The van der Waals surface area contributed by atoms with E-state index in [4.69, 9.17) is 39.3 Å². The lowest BCUT2D eigenvalue weighted by atomic mass is 10.0. The molecule has 8 amide bonds. The predicted octanol–water partition coefficient (Wildman–Crippen LogP) is 8.57. The van der Waals surface area contributed by atoms with Gasteiger partial charge in [0.1, 0.15) is 11.6 Å². The molecule has 0 bridgehead atoms. The molecule has 0 atom stereocenters. The third-order valence-electron chi connectivity index (χ3n) is 10.3. The van der Waals surface area contributed by atoms with Crippen LogP contribution in [0.25, 0.3) is 0 Å². The lowest BCUT2D eigenvalue weighted by molar-refractivity contribution is 0.255. The summed E-state index contributed by atoms with van der Waals surface area (Å²) in [5.41, 5.74) is 29.1. The van der Waals surface area contributed by atoms with E-state index in [1.807, 2.05) is 37.3 Å². The van der Waals surface area contributed by atoms with Gasteiger partial charge in [-0.15, -0.1) is 0 Å². The minimum atomic E-state index is -0.611. The Balaban J connectivity index is 0.000000500. The van der Waals surface area contributed by atoms with E-state index in [1.54, 1.807) is 31.4 Å². The molecule has 0 saturated carbocycles. The maximum Gasteiger partial charge on any atom is 0.326 e. The van der Waals surface area contributed by atoms with Crippen molar-refractivity contribution in [1.29, 1.82) is 0 Å². The highest BCUT2D eigenvalue weighted by Crippen LogP contribution is 2.30. The van der Waals surface area contributed by atoms with E-state index in [9.17, 15) is 23.6 Å². The number of halogens is 2. The first kappa shape index (κ1) is 64.9. The number of guanidine groups is 4. The zero-order valence-electron chi connectivity index (χ0n) is 44.9. The van der Waals surface area contributed by atoms with Crippen LogP contribution in [0.2, 0.25) is 5.02 Å². The first-order chi connectivity index (χ1) is 35.9. The molecular formula is C52H78ClFN16O5. The summed E-state index contributed by atoms with van der Waals surface area (Å²) in [6.07, 6.45) is 9.11. The molecule has 410 valence electrons. The lowest BCUT2D eigenvalue weighted by Crippen LogP contribution is -2.39. The summed E-state index contributed by atoms with van der Waals surface area (Å²) in [5, 5.41) is 20.9. The second kappa shape index (κ2) is 36.7. The zero-order valence-corrected chi connectivity index (χ0v) is 45.7. The van der Waals surface area contributed by atoms with Gasteiger partial charge in [-0.05, 0) is 78.1 Å². The molecule has 0 aliphatic heterocycles. The summed E-state index contributed by atoms with van der Waals surface area (Å²) in [4.78, 5) is 61.5. The number of carbonyl (C=O) groups is 4. The van der Waals surface area contributed by atoms with Crippen LogP contribution >= 0.6 is 11.6 Å². The van der Waals surface area contributed by atoms with Crippen LogP contribution < -0.4 is 70.2 Å². The Bertz CT molecular complexity index is 2460. The highest BCUT2D eigenvalue weighted by atomic mass is 35.5. The molecule has 0 saturated heterocycles. The normalized spacial score (nSPS) is 11.1. The van der Waals surface area contributed by atoms with E-state index in [0.29, 0.717) is 28.6 Å². The van der Waals surface area contributed by atoms with E-state index in [0.717, 1.165) is 91.3 Å². The average molecular weight is 1060 g/mol. The fraction of sp³-hybridized carbons (Fsp3) is 0.385. The highest BCUT2D eigenvalue weighted by molar-refractivity contribution is 6.34. The molecule has 4 aromatic rings. The summed E-state index contributed by atoms with van der Waals surface area (Å²) in [5.74, 6) is 0.339. The second-order valence-electron chi connectivity index (χ2n) is 16.0. The van der Waals surface area contributed by atoms with Gasteiger partial charge in [0, 0.05) is 33.9 Å². The fourth-order valence-electron chi connectivity index (χ4n) is 6.78. The zero-order chi connectivity index (χ0) is 56.3. The minimum Gasteiger partial charge on any atom is -0.495 e. The van der Waals surface area contributed by atoms with Gasteiger partial charge < -0.3 is 48.9 Å². The van der Waals surface area contributed by atoms with Crippen LogP contribution in [0.1, 0.15) is 94.5 Å². The number of hydrogen-bond donors (Lipinski definition) is 12. The maximum absolute atomic E-state index is 13.6. The number of para-hydroxylation sites is 4. The quantitative estimate of drug-likeness (QED) is 0.0400. The Morgan fingerprint density at radius 2 is 0.733 bits per heavy atom. The predicted molar refractivity (Wildman–Crippen MR) is 306 cm³/mol. The van der Waals surface area contributed by atoms with Gasteiger partial charge in [-0.1, -0.05) is 133 Å². The van der Waals surface area contributed by atoms with Gasteiger partial charge >= 0.3 is 24.1 Å². The van der Waals surface area contributed by atoms with Crippen molar-refractivity contribution in [3.05, 3.63) is 111 Å². The number of rotatable bonds is 15. The van der Waals surface area contributed by atoms with Crippen molar-refractivity contribution in [1.82, 2.24) is 21.3 Å². The smallest absolute Gasteiger partial charge is 0.326 e. The summed E-state index contributed by atoms with van der Waals surface area (Å²) in [6, 6.07) is 20.2. The number of aliphatic imine (C=N–C) groups is 4. The molecule has 0 aliphatic carbocycles. The van der Waals surface area contributed by atoms with Crippen LogP contribution in [0.15, 0.2) is 92.8 Å². The minimum absolute atomic E-state index is 0.0270. The van der Waals surface area contributed by atoms with Gasteiger partial charge in [0.25, 0.3) is 0 Å². The number of methoxy groups -OCH3 is 1. The third-order valence-corrected chi connectivity index (χ3v) is 10.6. The number of ether oxygens (including phenoxy) is 1. The van der Waals surface area contributed by atoms with Crippen LogP contribution in [-0.4, -0.2) is 83.3 Å². The molecule has 0 radical (unpaired) electrons. The highest BCUT2D eigenvalue weighted by Gasteiger charge is 2.15. The van der Waals surface area contributed by atoms with Crippen LogP contribution in [0.3, 0.4) is 0 Å². The molecule has 0 heterocycles. The van der Waals surface area contributed by atoms with Crippen molar-refractivity contribution in [2.24, 2.45) is 42.9 Å². The largest absolute Gasteiger partial charge is 0.495 e. The number of urea groups is 4. The molecule has 0 fully saturated rings. The van der Waals surface area contributed by atoms with Gasteiger partial charge in [-0.2, -0.15) is 0 Å². The summed E-state index contributed by atoms with van der Waals surface area (Å²) >= 11 is 6.08. The second-order valence-corrected chi connectivity index (χ2v) is 16.4. The summed E-state index contributed by atoms with van der Waals surface area (Å²) in [7, 11) is 7.54. The van der Waals surface area contributed by atoms with E-state index >= 15 is 0 Å². The van der Waals surface area contributed by atoms with Crippen LogP contribution in [0.5, 0.6) is 5.75 Å². The first-order valence-electron chi connectivity index (χ1n) is 24.4. The first-order valence-corrected chi connectivity index (χ1v) is 24.8. The van der Waals surface area contributed by atoms with E-state index in [1.165, 1.54) is 34.3 Å². The maximum atomic E-state index is 13.6. The number of nitrogens with two attached hydrogens (primary N) is 4. The Hall–Kier alpha value is -8.14. The number of amides is 8. The van der Waals surface area contributed by atoms with E-state index in [2.05, 4.69) is 102 Å². The van der Waals surface area contributed by atoms with Crippen molar-refractivity contribution in [3.8, 4) is 5.75 Å². The topological polar surface area (TPSA) is 327 Å². The van der Waals surface area contributed by atoms with Crippen LogP contribution in [-0.2, 0) is 32.1 Å². The number of carbonyl (C=O) groups excluding carboxylic acids is 4. The fourth-order valence-corrected chi connectivity index (χ4v) is 7.02.